The third-order valence-corrected chi connectivity index (χ3v) is 4.61. The van der Waals surface area contributed by atoms with Crippen LogP contribution in [0.25, 0.3) is 11.3 Å². The van der Waals surface area contributed by atoms with E-state index >= 15 is 0 Å². The lowest BCUT2D eigenvalue weighted by Gasteiger charge is -2.07. The zero-order valence-electron chi connectivity index (χ0n) is 16.5. The highest BCUT2D eigenvalue weighted by molar-refractivity contribution is 6.99. The van der Waals surface area contributed by atoms with Gasteiger partial charge in [0.15, 0.2) is 18.1 Å². The van der Waals surface area contributed by atoms with Crippen LogP contribution in [0.15, 0.2) is 24.5 Å². The van der Waals surface area contributed by atoms with E-state index in [2.05, 4.69) is 17.5 Å². The fourth-order valence-corrected chi connectivity index (χ4v) is 3.27. The number of aryl methyl sites for hydroxylation is 1. The van der Waals surface area contributed by atoms with E-state index in [-0.39, 0.29) is 24.0 Å². The first-order chi connectivity index (χ1) is 14.3. The predicted octanol–water partition coefficient (Wildman–Crippen LogP) is -1.62. The predicted molar refractivity (Wildman–Crippen MR) is 106 cm³/mol. The van der Waals surface area contributed by atoms with Crippen molar-refractivity contribution in [3.63, 3.8) is 0 Å². The summed E-state index contributed by atoms with van der Waals surface area (Å²) in [7, 11) is 3.48. The van der Waals surface area contributed by atoms with Crippen LogP contribution in [0.2, 0.25) is 0 Å². The fraction of sp³-hybridized carbons (Fsp3) is 0.471. The van der Waals surface area contributed by atoms with Crippen LogP contribution < -0.4 is 42.8 Å². The minimum atomic E-state index is 0. The highest BCUT2D eigenvalue weighted by atomic mass is 127. The number of hydrogen-bond donors (Lipinski definition) is 0. The van der Waals surface area contributed by atoms with E-state index in [0.29, 0.717) is 57.3 Å². The zero-order valence-corrected chi connectivity index (χ0v) is 20.3. The highest BCUT2D eigenvalue weighted by Crippen LogP contribution is 2.26. The fourth-order valence-electron chi connectivity index (χ4n) is 2.28. The smallest absolute Gasteiger partial charge is 0.291 e. The van der Waals surface area contributed by atoms with Crippen molar-refractivity contribution in [3.05, 3.63) is 24.5 Å². The molecule has 0 N–H and O–H groups in total. The molecule has 0 aliphatic rings. The summed E-state index contributed by atoms with van der Waals surface area (Å²) in [6.07, 6.45) is 3.93. The van der Waals surface area contributed by atoms with Gasteiger partial charge >= 0.3 is 0 Å². The topological polar surface area (TPSA) is 102 Å². The molecule has 0 atom stereocenters. The van der Waals surface area contributed by atoms with Gasteiger partial charge in [0.1, 0.15) is 20.3 Å². The molecule has 3 rings (SSSR count). The van der Waals surface area contributed by atoms with Gasteiger partial charge in [-0.3, -0.25) is 0 Å². The average molecular weight is 567 g/mol. The zero-order chi connectivity index (χ0) is 20.3. The highest BCUT2D eigenvalue weighted by Gasteiger charge is 2.14. The van der Waals surface area contributed by atoms with Gasteiger partial charge in [0.05, 0.1) is 62.6 Å². The van der Waals surface area contributed by atoms with Gasteiger partial charge in [-0.25, -0.2) is 4.57 Å². The van der Waals surface area contributed by atoms with Crippen molar-refractivity contribution in [1.82, 2.24) is 17.5 Å². The maximum absolute atomic E-state index is 5.70. The molecule has 0 saturated heterocycles. The maximum atomic E-state index is 5.70. The number of ether oxygens (including phenoxy) is 5. The largest absolute Gasteiger partial charge is 1.00 e. The van der Waals surface area contributed by atoms with E-state index in [4.69, 9.17) is 23.7 Å². The van der Waals surface area contributed by atoms with Crippen LogP contribution in [0, 0.1) is 0 Å². The molecule has 13 heteroatoms. The van der Waals surface area contributed by atoms with E-state index in [0.717, 1.165) is 34.7 Å². The molecule has 10 nitrogen and oxygen atoms in total. The second kappa shape index (κ2) is 13.6. The van der Waals surface area contributed by atoms with Gasteiger partial charge in [-0.2, -0.15) is 4.37 Å². The van der Waals surface area contributed by atoms with Gasteiger partial charge < -0.3 is 47.7 Å². The Kier molecular flexibility index (Phi) is 11.1. The van der Waals surface area contributed by atoms with Crippen molar-refractivity contribution < 1.29 is 52.2 Å². The Balaban J connectivity index is 0.00000320. The molecule has 0 aromatic carbocycles. The molecule has 0 radical (unpaired) electrons. The van der Waals surface area contributed by atoms with E-state index in [1.807, 2.05) is 36.1 Å². The molecule has 0 amide bonds. The molecule has 0 bridgehead atoms. The number of methoxy groups -OCH3 is 1. The molecule has 0 aliphatic carbocycles. The van der Waals surface area contributed by atoms with E-state index in [9.17, 15) is 0 Å². The van der Waals surface area contributed by atoms with Crippen molar-refractivity contribution in [2.75, 3.05) is 46.8 Å². The summed E-state index contributed by atoms with van der Waals surface area (Å²) in [5.41, 5.74) is 1.70. The van der Waals surface area contributed by atoms with Crippen molar-refractivity contribution in [2.24, 2.45) is 7.05 Å². The summed E-state index contributed by atoms with van der Waals surface area (Å²) in [6, 6.07) is 3.93. The Morgan fingerprint density at radius 3 is 2.13 bits per heavy atom. The Morgan fingerprint density at radius 1 is 0.833 bits per heavy atom. The molecule has 164 valence electrons. The molecular formula is C17H22IN5O5S2. The van der Waals surface area contributed by atoms with Crippen LogP contribution in [0.3, 0.4) is 0 Å². The Hall–Kier alpha value is -1.68. The van der Waals surface area contributed by atoms with E-state index in [1.54, 1.807) is 0 Å². The minimum absolute atomic E-state index is 0. The lowest BCUT2D eigenvalue weighted by Crippen LogP contribution is -3.00. The van der Waals surface area contributed by atoms with Crippen LogP contribution in [0.1, 0.15) is 0 Å². The number of nitrogens with zero attached hydrogens (tertiary/aromatic N) is 5. The Morgan fingerprint density at radius 2 is 1.43 bits per heavy atom. The average Bonchev–Trinajstić information content (AvgIpc) is 3.38. The van der Waals surface area contributed by atoms with Crippen LogP contribution >= 0.6 is 23.5 Å². The molecule has 30 heavy (non-hydrogen) atoms. The molecular weight excluding hydrogens is 545 g/mol. The van der Waals surface area contributed by atoms with Gasteiger partial charge in [0.2, 0.25) is 0 Å². The first-order valence-corrected chi connectivity index (χ1v) is 10.3. The van der Waals surface area contributed by atoms with Gasteiger partial charge in [-0.05, 0) is 6.07 Å². The summed E-state index contributed by atoms with van der Waals surface area (Å²) in [5.74, 6) is 1.29. The van der Waals surface area contributed by atoms with Crippen LogP contribution in [-0.2, 0) is 16.5 Å². The van der Waals surface area contributed by atoms with Crippen LogP contribution in [0.5, 0.6) is 17.6 Å². The van der Waals surface area contributed by atoms with Gasteiger partial charge in [-0.15, -0.1) is 13.1 Å². The minimum Gasteiger partial charge on any atom is -1.00 e. The van der Waals surface area contributed by atoms with E-state index in [1.165, 1.54) is 7.11 Å². The number of rotatable bonds is 13. The summed E-state index contributed by atoms with van der Waals surface area (Å²) in [5, 5.41) is 0. The second-order valence-electron chi connectivity index (χ2n) is 5.68. The van der Waals surface area contributed by atoms with Gasteiger partial charge in [0, 0.05) is 6.07 Å². The SMILES string of the molecule is COc1nsnc1OCCOCCOCCOc1nsnc1-c1ccc[n+](C)c1.[I-]. The summed E-state index contributed by atoms with van der Waals surface area (Å²) >= 11 is 2.16. The van der Waals surface area contributed by atoms with Crippen molar-refractivity contribution in [3.8, 4) is 28.9 Å². The van der Waals surface area contributed by atoms with E-state index < -0.39 is 0 Å². The molecule has 0 saturated carbocycles. The summed E-state index contributed by atoms with van der Waals surface area (Å²) in [6.45, 7) is 2.52. The van der Waals surface area contributed by atoms with Gasteiger partial charge in [0.25, 0.3) is 17.6 Å². The maximum Gasteiger partial charge on any atom is 0.291 e. The van der Waals surface area contributed by atoms with Crippen molar-refractivity contribution in [1.29, 1.82) is 0 Å². The van der Waals surface area contributed by atoms with Crippen molar-refractivity contribution in [2.45, 2.75) is 0 Å². The number of hydrogen-bond acceptors (Lipinski definition) is 11. The third kappa shape index (κ3) is 7.54. The molecule has 0 unspecified atom stereocenters. The molecule has 0 aliphatic heterocycles. The standard InChI is InChI=1S/C17H22N5O5S2.HI/c1-22-5-3-4-13(12-22)14-15(19-28-18-14)26-10-8-24-6-7-25-9-11-27-17-16(23-2)20-29-21-17;/h3-5,12H,6-11H2,1-2H3;1H/q+1;/p-1. The Bertz CT molecular complexity index is 882. The molecule has 0 spiro atoms. The number of pyridine rings is 1. The first kappa shape index (κ1) is 24.6. The molecule has 3 aromatic rings. The molecule has 3 aromatic heterocycles. The summed E-state index contributed by atoms with van der Waals surface area (Å²) < 4.78 is 45.5. The third-order valence-electron chi connectivity index (χ3n) is 3.60. The van der Waals surface area contributed by atoms with Crippen LogP contribution in [0.4, 0.5) is 0 Å². The molecule has 3 heterocycles. The monoisotopic (exact) mass is 567 g/mol. The quantitative estimate of drug-likeness (QED) is 0.137. The van der Waals surface area contributed by atoms with Crippen LogP contribution in [-0.4, -0.2) is 64.2 Å². The van der Waals surface area contributed by atoms with Crippen molar-refractivity contribution >= 4 is 23.5 Å². The lowest BCUT2D eigenvalue weighted by molar-refractivity contribution is -0.671. The number of aromatic nitrogens is 5. The number of halogens is 1. The van der Waals surface area contributed by atoms with Gasteiger partial charge in [-0.1, -0.05) is 0 Å². The normalized spacial score (nSPS) is 10.5. The lowest BCUT2D eigenvalue weighted by atomic mass is 10.2. The Labute approximate surface area is 199 Å². The summed E-state index contributed by atoms with van der Waals surface area (Å²) in [4.78, 5) is 0. The molecule has 0 fully saturated rings. The first-order valence-electron chi connectivity index (χ1n) is 8.84. The second-order valence-corrected chi connectivity index (χ2v) is 6.73.